The number of amides is 1. The number of halogens is 1. The van der Waals surface area contributed by atoms with E-state index in [0.29, 0.717) is 17.6 Å². The van der Waals surface area contributed by atoms with E-state index in [-0.39, 0.29) is 11.5 Å². The second-order valence-electron chi connectivity index (χ2n) is 9.46. The van der Waals surface area contributed by atoms with Gasteiger partial charge >= 0.3 is 6.09 Å². The molecule has 1 aliphatic heterocycles. The van der Waals surface area contributed by atoms with Crippen LogP contribution >= 0.6 is 22.9 Å². The highest BCUT2D eigenvalue weighted by atomic mass is 35.5. The average molecular weight is 446 g/mol. The molecule has 2 heterocycles. The maximum absolute atomic E-state index is 12.8. The number of likely N-dealkylation sites (tertiary alicyclic amines) is 1. The highest BCUT2D eigenvalue weighted by Crippen LogP contribution is 2.48. The summed E-state index contributed by atoms with van der Waals surface area (Å²) in [6, 6.07) is 0. The van der Waals surface area contributed by atoms with Crippen LogP contribution in [0.5, 0.6) is 0 Å². The zero-order chi connectivity index (χ0) is 20.9. The van der Waals surface area contributed by atoms with Crippen LogP contribution in [0, 0.1) is 5.41 Å². The summed E-state index contributed by atoms with van der Waals surface area (Å²) in [4.78, 5) is 19.7. The summed E-state index contributed by atoms with van der Waals surface area (Å²) in [6.45, 7) is 12.5. The Hall–Kier alpha value is -0.830. The third-order valence-electron chi connectivity index (χ3n) is 4.97. The largest absolute Gasteiger partial charge is 0.591 e. The van der Waals surface area contributed by atoms with Gasteiger partial charge in [-0.15, -0.1) is 11.3 Å². The van der Waals surface area contributed by atoms with Gasteiger partial charge in [0.2, 0.25) is 0 Å². The first kappa shape index (κ1) is 21.9. The van der Waals surface area contributed by atoms with E-state index in [1.54, 1.807) is 4.90 Å². The topological polar surface area (TPSA) is 77.8 Å². The van der Waals surface area contributed by atoms with Crippen LogP contribution in [-0.2, 0) is 22.5 Å². The molecule has 1 unspecified atom stereocenters. The zero-order valence-corrected chi connectivity index (χ0v) is 19.7. The molecule has 0 radical (unpaired) electrons. The monoisotopic (exact) mass is 445 g/mol. The Labute approximate surface area is 179 Å². The van der Waals surface area contributed by atoms with Gasteiger partial charge in [0, 0.05) is 23.4 Å². The molecule has 3 rings (SSSR count). The van der Waals surface area contributed by atoms with Crippen LogP contribution in [0.3, 0.4) is 0 Å². The summed E-state index contributed by atoms with van der Waals surface area (Å²) in [5.74, 6) is 0. The summed E-state index contributed by atoms with van der Waals surface area (Å²) in [5, 5.41) is 0. The molecule has 9 heteroatoms. The molecular weight excluding hydrogens is 418 g/mol. The van der Waals surface area contributed by atoms with E-state index in [1.165, 1.54) is 11.3 Å². The first-order chi connectivity index (χ1) is 12.8. The Bertz CT molecular complexity index is 787. The summed E-state index contributed by atoms with van der Waals surface area (Å²) >= 11 is 6.22. The summed E-state index contributed by atoms with van der Waals surface area (Å²) in [6.07, 6.45) is 1.99. The molecule has 1 saturated heterocycles. The lowest BCUT2D eigenvalue weighted by molar-refractivity contribution is 0.0159. The van der Waals surface area contributed by atoms with Gasteiger partial charge in [0.25, 0.3) is 0 Å². The van der Waals surface area contributed by atoms with Crippen LogP contribution in [0.4, 0.5) is 4.79 Å². The minimum atomic E-state index is -1.38. The Kier molecular flexibility index (Phi) is 5.82. The van der Waals surface area contributed by atoms with Crippen molar-refractivity contribution in [3.63, 3.8) is 0 Å². The quantitative estimate of drug-likeness (QED) is 0.591. The molecule has 28 heavy (non-hydrogen) atoms. The van der Waals surface area contributed by atoms with E-state index in [0.717, 1.165) is 35.5 Å². The molecule has 1 aromatic rings. The SMILES string of the molecule is CC(C)(C)OC(=O)N1CCC2(CC1)Cc1sc(Cl)nc1C2=N[S+]([O-])C(C)(C)C. The molecule has 1 amide bonds. The number of thiazole rings is 1. The van der Waals surface area contributed by atoms with Crippen molar-refractivity contribution in [1.29, 1.82) is 0 Å². The third-order valence-corrected chi connectivity index (χ3v) is 7.52. The standard InChI is InChI=1S/C19H28ClN3O3S2/c1-17(2,3)26-16(24)23-9-7-19(8-10-23)11-12-13(21-15(20)27-12)14(19)22-28(25)18(4,5)6/h7-11H2,1-6H3. The average Bonchev–Trinajstić information content (AvgIpc) is 3.00. The van der Waals surface area contributed by atoms with Crippen LogP contribution in [0.15, 0.2) is 4.40 Å². The number of ether oxygens (including phenoxy) is 1. The predicted octanol–water partition coefficient (Wildman–Crippen LogP) is 4.62. The highest BCUT2D eigenvalue weighted by Gasteiger charge is 2.50. The smallest absolute Gasteiger partial charge is 0.410 e. The molecule has 1 aromatic heterocycles. The lowest BCUT2D eigenvalue weighted by atomic mass is 9.75. The summed E-state index contributed by atoms with van der Waals surface area (Å²) in [7, 11) is 0. The minimum absolute atomic E-state index is 0.238. The number of piperidine rings is 1. The van der Waals surface area contributed by atoms with Crippen LogP contribution in [0.25, 0.3) is 0 Å². The molecule has 1 fully saturated rings. The molecule has 1 spiro atoms. The van der Waals surface area contributed by atoms with E-state index in [2.05, 4.69) is 9.38 Å². The van der Waals surface area contributed by atoms with Crippen LogP contribution in [0.1, 0.15) is 65.0 Å². The fourth-order valence-electron chi connectivity index (χ4n) is 3.49. The van der Waals surface area contributed by atoms with E-state index in [4.69, 9.17) is 16.3 Å². The lowest BCUT2D eigenvalue weighted by Crippen LogP contribution is -2.47. The molecule has 1 atom stereocenters. The Morgan fingerprint density at radius 3 is 2.43 bits per heavy atom. The van der Waals surface area contributed by atoms with Gasteiger partial charge in [-0.1, -0.05) is 16.0 Å². The third kappa shape index (κ3) is 4.50. The number of fused-ring (bicyclic) bond motifs is 1. The molecule has 1 aliphatic carbocycles. The Morgan fingerprint density at radius 2 is 1.89 bits per heavy atom. The molecule has 0 bridgehead atoms. The Balaban J connectivity index is 1.84. The van der Waals surface area contributed by atoms with Gasteiger partial charge < -0.3 is 14.2 Å². The van der Waals surface area contributed by atoms with E-state index >= 15 is 0 Å². The van der Waals surface area contributed by atoms with Crippen molar-refractivity contribution in [1.82, 2.24) is 9.88 Å². The predicted molar refractivity (Wildman–Crippen MR) is 115 cm³/mol. The molecule has 0 aromatic carbocycles. The fraction of sp³-hybridized carbons (Fsp3) is 0.737. The summed E-state index contributed by atoms with van der Waals surface area (Å²) < 4.78 is 23.0. The van der Waals surface area contributed by atoms with E-state index < -0.39 is 21.7 Å². The minimum Gasteiger partial charge on any atom is -0.591 e. The second-order valence-corrected chi connectivity index (χ2v) is 13.0. The fourth-order valence-corrected chi connectivity index (χ4v) is 5.50. The van der Waals surface area contributed by atoms with Gasteiger partial charge in [-0.25, -0.2) is 9.78 Å². The van der Waals surface area contributed by atoms with Crippen molar-refractivity contribution in [2.45, 2.75) is 71.2 Å². The van der Waals surface area contributed by atoms with Gasteiger partial charge in [-0.05, 0) is 60.8 Å². The van der Waals surface area contributed by atoms with Gasteiger partial charge in [0.1, 0.15) is 33.1 Å². The van der Waals surface area contributed by atoms with Crippen molar-refractivity contribution >= 4 is 46.1 Å². The van der Waals surface area contributed by atoms with Crippen molar-refractivity contribution in [2.24, 2.45) is 9.81 Å². The van der Waals surface area contributed by atoms with Crippen molar-refractivity contribution in [3.05, 3.63) is 15.0 Å². The Morgan fingerprint density at radius 1 is 1.29 bits per heavy atom. The van der Waals surface area contributed by atoms with Crippen LogP contribution < -0.4 is 0 Å². The lowest BCUT2D eigenvalue weighted by Gasteiger charge is -2.39. The number of hydrogen-bond acceptors (Lipinski definition) is 6. The molecular formula is C19H28ClN3O3S2. The van der Waals surface area contributed by atoms with E-state index in [1.807, 2.05) is 41.5 Å². The number of carbonyl (C=O) groups is 1. The number of rotatable bonds is 1. The highest BCUT2D eigenvalue weighted by molar-refractivity contribution is 7.91. The summed E-state index contributed by atoms with van der Waals surface area (Å²) in [5.41, 5.74) is 0.833. The molecule has 2 aliphatic rings. The second kappa shape index (κ2) is 7.45. The van der Waals surface area contributed by atoms with Crippen LogP contribution in [0.2, 0.25) is 4.47 Å². The normalized spacial score (nSPS) is 21.9. The molecule has 0 N–H and O–H groups in total. The first-order valence-corrected chi connectivity index (χ1v) is 11.8. The number of nitrogens with zero attached hydrogens (tertiary/aromatic N) is 3. The number of hydrogen-bond donors (Lipinski definition) is 0. The molecule has 6 nitrogen and oxygen atoms in total. The van der Waals surface area contributed by atoms with Crippen LogP contribution in [-0.4, -0.2) is 49.7 Å². The van der Waals surface area contributed by atoms with Crippen molar-refractivity contribution < 1.29 is 14.1 Å². The molecule has 0 saturated carbocycles. The first-order valence-electron chi connectivity index (χ1n) is 9.45. The van der Waals surface area contributed by atoms with Gasteiger partial charge in [-0.3, -0.25) is 0 Å². The maximum atomic E-state index is 12.8. The number of carbonyl (C=O) groups excluding carboxylic acids is 1. The maximum Gasteiger partial charge on any atom is 0.410 e. The zero-order valence-electron chi connectivity index (χ0n) is 17.3. The van der Waals surface area contributed by atoms with Gasteiger partial charge in [0.05, 0.1) is 0 Å². The van der Waals surface area contributed by atoms with E-state index in [9.17, 15) is 9.35 Å². The van der Waals surface area contributed by atoms with Crippen molar-refractivity contribution in [2.75, 3.05) is 13.1 Å². The van der Waals surface area contributed by atoms with Gasteiger partial charge in [0.15, 0.2) is 4.47 Å². The number of aromatic nitrogens is 1. The van der Waals surface area contributed by atoms with Crippen molar-refractivity contribution in [3.8, 4) is 0 Å². The van der Waals surface area contributed by atoms with Gasteiger partial charge in [-0.2, -0.15) is 0 Å². The molecule has 156 valence electrons.